The fourth-order valence-corrected chi connectivity index (χ4v) is 3.31. The summed E-state index contributed by atoms with van der Waals surface area (Å²) in [6.07, 6.45) is 5.31. The number of rotatable bonds is 4. The topological polar surface area (TPSA) is 64.2 Å². The van der Waals surface area contributed by atoms with Crippen LogP contribution >= 0.6 is 0 Å². The minimum Gasteiger partial charge on any atom is -0.337 e. The van der Waals surface area contributed by atoms with Gasteiger partial charge >= 0.3 is 0 Å². The minimum absolute atomic E-state index is 0.100. The van der Waals surface area contributed by atoms with Crippen molar-refractivity contribution in [1.82, 2.24) is 14.7 Å². The smallest absolute Gasteiger partial charge is 0.257 e. The predicted molar refractivity (Wildman–Crippen MR) is 77.3 cm³/mol. The normalized spacial score (nSPS) is 26.2. The monoisotopic (exact) mass is 276 g/mol. The molecule has 0 spiro atoms. The highest BCUT2D eigenvalue weighted by atomic mass is 16.2. The number of hydrogen-bond donors (Lipinski definition) is 1. The van der Waals surface area contributed by atoms with Crippen molar-refractivity contribution in [3.63, 3.8) is 0 Å². The van der Waals surface area contributed by atoms with Crippen LogP contribution in [0.2, 0.25) is 0 Å². The maximum Gasteiger partial charge on any atom is 0.257 e. The molecule has 2 heterocycles. The van der Waals surface area contributed by atoms with E-state index < -0.39 is 0 Å². The summed E-state index contributed by atoms with van der Waals surface area (Å²) >= 11 is 0. The number of carbonyl (C=O) groups excluding carboxylic acids is 1. The molecule has 1 aliphatic carbocycles. The Hall–Kier alpha value is -1.36. The predicted octanol–water partition coefficient (Wildman–Crippen LogP) is 1.41. The fourth-order valence-electron chi connectivity index (χ4n) is 3.31. The van der Waals surface area contributed by atoms with Crippen LogP contribution in [0.5, 0.6) is 0 Å². The van der Waals surface area contributed by atoms with Gasteiger partial charge in [-0.05, 0) is 38.0 Å². The first-order valence-corrected chi connectivity index (χ1v) is 7.69. The zero-order valence-corrected chi connectivity index (χ0v) is 12.4. The minimum atomic E-state index is 0.100. The van der Waals surface area contributed by atoms with Crippen LogP contribution in [0.4, 0.5) is 0 Å². The third kappa shape index (κ3) is 2.35. The van der Waals surface area contributed by atoms with Crippen LogP contribution < -0.4 is 5.73 Å². The van der Waals surface area contributed by atoms with E-state index in [0.717, 1.165) is 36.7 Å². The van der Waals surface area contributed by atoms with Gasteiger partial charge in [0.05, 0.1) is 11.8 Å². The Morgan fingerprint density at radius 1 is 1.45 bits per heavy atom. The molecule has 2 aliphatic rings. The number of carbonyl (C=O) groups is 1. The van der Waals surface area contributed by atoms with Gasteiger partial charge in [-0.2, -0.15) is 5.10 Å². The Morgan fingerprint density at radius 2 is 2.20 bits per heavy atom. The first-order chi connectivity index (χ1) is 9.61. The van der Waals surface area contributed by atoms with Gasteiger partial charge in [-0.15, -0.1) is 0 Å². The number of nitrogens with zero attached hydrogens (tertiary/aromatic N) is 3. The van der Waals surface area contributed by atoms with E-state index in [1.807, 2.05) is 16.5 Å². The standard InChI is InChI=1S/C15H24N4O/c1-3-6-19-10(2)12(7-17-19)15(20)18-8-13(11-4-5-11)14(16)9-18/h7,11,13-14H,3-6,8-9,16H2,1-2H3. The summed E-state index contributed by atoms with van der Waals surface area (Å²) in [7, 11) is 0. The third-order valence-corrected chi connectivity index (χ3v) is 4.70. The van der Waals surface area contributed by atoms with Gasteiger partial charge in [0, 0.05) is 31.4 Å². The lowest BCUT2D eigenvalue weighted by Crippen LogP contribution is -2.32. The van der Waals surface area contributed by atoms with E-state index in [9.17, 15) is 4.79 Å². The Kier molecular flexibility index (Phi) is 3.54. The van der Waals surface area contributed by atoms with Gasteiger partial charge < -0.3 is 10.6 Å². The molecule has 1 aromatic rings. The molecule has 0 bridgehead atoms. The van der Waals surface area contributed by atoms with Crippen LogP contribution in [-0.2, 0) is 6.54 Å². The van der Waals surface area contributed by atoms with E-state index in [1.54, 1.807) is 6.20 Å². The lowest BCUT2D eigenvalue weighted by Gasteiger charge is -2.16. The molecule has 2 N–H and O–H groups in total. The van der Waals surface area contributed by atoms with Crippen molar-refractivity contribution in [3.05, 3.63) is 17.5 Å². The van der Waals surface area contributed by atoms with Crippen molar-refractivity contribution >= 4 is 5.91 Å². The molecule has 2 unspecified atom stereocenters. The largest absolute Gasteiger partial charge is 0.337 e. The zero-order valence-electron chi connectivity index (χ0n) is 12.4. The third-order valence-electron chi connectivity index (χ3n) is 4.70. The van der Waals surface area contributed by atoms with E-state index in [2.05, 4.69) is 12.0 Å². The molecular weight excluding hydrogens is 252 g/mol. The second-order valence-electron chi connectivity index (χ2n) is 6.24. The summed E-state index contributed by atoms with van der Waals surface area (Å²) in [5.41, 5.74) is 7.91. The van der Waals surface area contributed by atoms with E-state index in [4.69, 9.17) is 5.73 Å². The van der Waals surface area contributed by atoms with E-state index in [-0.39, 0.29) is 11.9 Å². The maximum absolute atomic E-state index is 12.6. The molecule has 5 nitrogen and oxygen atoms in total. The quantitative estimate of drug-likeness (QED) is 0.904. The van der Waals surface area contributed by atoms with Gasteiger partial charge in [-0.25, -0.2) is 0 Å². The van der Waals surface area contributed by atoms with Gasteiger partial charge in [0.1, 0.15) is 0 Å². The molecule has 110 valence electrons. The molecule has 0 aromatic carbocycles. The zero-order chi connectivity index (χ0) is 14.3. The molecule has 1 saturated carbocycles. The summed E-state index contributed by atoms with van der Waals surface area (Å²) in [6.45, 7) is 6.47. The highest BCUT2D eigenvalue weighted by Crippen LogP contribution is 2.41. The second kappa shape index (κ2) is 5.20. The number of amides is 1. The Labute approximate surface area is 120 Å². The van der Waals surface area contributed by atoms with Crippen LogP contribution in [-0.4, -0.2) is 39.7 Å². The molecule has 1 aliphatic heterocycles. The van der Waals surface area contributed by atoms with Gasteiger partial charge in [0.15, 0.2) is 0 Å². The molecule has 2 atom stereocenters. The maximum atomic E-state index is 12.6. The van der Waals surface area contributed by atoms with Gasteiger partial charge in [-0.3, -0.25) is 9.48 Å². The highest BCUT2D eigenvalue weighted by molar-refractivity contribution is 5.95. The van der Waals surface area contributed by atoms with Crippen molar-refractivity contribution in [3.8, 4) is 0 Å². The van der Waals surface area contributed by atoms with E-state index in [0.29, 0.717) is 12.5 Å². The summed E-state index contributed by atoms with van der Waals surface area (Å²) in [4.78, 5) is 14.6. The first-order valence-electron chi connectivity index (χ1n) is 7.69. The van der Waals surface area contributed by atoms with Crippen molar-refractivity contribution in [2.24, 2.45) is 17.6 Å². The van der Waals surface area contributed by atoms with Crippen molar-refractivity contribution < 1.29 is 4.79 Å². The van der Waals surface area contributed by atoms with Crippen molar-refractivity contribution in [2.45, 2.75) is 45.7 Å². The van der Waals surface area contributed by atoms with E-state index in [1.165, 1.54) is 12.8 Å². The number of nitrogens with two attached hydrogens (primary N) is 1. The molecule has 3 rings (SSSR count). The van der Waals surface area contributed by atoms with Crippen molar-refractivity contribution in [2.75, 3.05) is 13.1 Å². The number of likely N-dealkylation sites (tertiary alicyclic amines) is 1. The average Bonchev–Trinajstić information content (AvgIpc) is 3.11. The molecule has 20 heavy (non-hydrogen) atoms. The summed E-state index contributed by atoms with van der Waals surface area (Å²) < 4.78 is 1.92. The number of hydrogen-bond acceptors (Lipinski definition) is 3. The van der Waals surface area contributed by atoms with Crippen LogP contribution in [0, 0.1) is 18.8 Å². The molecule has 0 radical (unpaired) electrons. The van der Waals surface area contributed by atoms with Gasteiger partial charge in [0.2, 0.25) is 0 Å². The average molecular weight is 276 g/mol. The lowest BCUT2D eigenvalue weighted by atomic mass is 9.99. The second-order valence-corrected chi connectivity index (χ2v) is 6.24. The van der Waals surface area contributed by atoms with Crippen LogP contribution in [0.1, 0.15) is 42.2 Å². The Balaban J connectivity index is 1.73. The Bertz CT molecular complexity index is 506. The van der Waals surface area contributed by atoms with Crippen LogP contribution in [0.25, 0.3) is 0 Å². The summed E-state index contributed by atoms with van der Waals surface area (Å²) in [6, 6.07) is 0.150. The molecule has 1 saturated heterocycles. The molecule has 1 aromatic heterocycles. The number of aromatic nitrogens is 2. The molecular formula is C15H24N4O. The highest BCUT2D eigenvalue weighted by Gasteiger charge is 2.42. The van der Waals surface area contributed by atoms with Crippen LogP contribution in [0.3, 0.4) is 0 Å². The van der Waals surface area contributed by atoms with Crippen molar-refractivity contribution in [1.29, 1.82) is 0 Å². The first kappa shape index (κ1) is 13.6. The number of aryl methyl sites for hydroxylation is 1. The van der Waals surface area contributed by atoms with Gasteiger partial charge in [0.25, 0.3) is 5.91 Å². The summed E-state index contributed by atoms with van der Waals surface area (Å²) in [5, 5.41) is 4.32. The lowest BCUT2D eigenvalue weighted by molar-refractivity contribution is 0.0784. The molecule has 5 heteroatoms. The molecule has 1 amide bonds. The molecule has 2 fully saturated rings. The Morgan fingerprint density at radius 3 is 2.85 bits per heavy atom. The van der Waals surface area contributed by atoms with E-state index >= 15 is 0 Å². The van der Waals surface area contributed by atoms with Crippen LogP contribution in [0.15, 0.2) is 6.20 Å². The fraction of sp³-hybridized carbons (Fsp3) is 0.733. The van der Waals surface area contributed by atoms with Gasteiger partial charge in [-0.1, -0.05) is 6.92 Å². The summed E-state index contributed by atoms with van der Waals surface area (Å²) in [5.74, 6) is 1.36. The SMILES string of the molecule is CCCn1ncc(C(=O)N2CC(N)C(C3CC3)C2)c1C.